The predicted molar refractivity (Wildman–Crippen MR) is 156 cm³/mol. The molecule has 1 unspecified atom stereocenters. The van der Waals surface area contributed by atoms with Crippen LogP contribution in [0.2, 0.25) is 0 Å². The van der Waals surface area contributed by atoms with Crippen molar-refractivity contribution in [1.29, 1.82) is 5.26 Å². The highest BCUT2D eigenvalue weighted by Gasteiger charge is 2.53. The fourth-order valence-electron chi connectivity index (χ4n) is 6.63. The summed E-state index contributed by atoms with van der Waals surface area (Å²) in [5.74, 6) is 0. The van der Waals surface area contributed by atoms with Gasteiger partial charge < -0.3 is 15.0 Å². The number of nitriles is 1. The fourth-order valence-corrected chi connectivity index (χ4v) is 7.86. The zero-order valence-corrected chi connectivity index (χ0v) is 24.6. The summed E-state index contributed by atoms with van der Waals surface area (Å²) in [6.07, 6.45) is 14.5. The van der Waals surface area contributed by atoms with Crippen LogP contribution >= 0.6 is 11.3 Å². The number of hydrogen-bond donors (Lipinski definition) is 3. The van der Waals surface area contributed by atoms with E-state index in [4.69, 9.17) is 9.72 Å². The number of hydrogen-bond acceptors (Lipinski definition) is 9. The van der Waals surface area contributed by atoms with E-state index in [2.05, 4.69) is 37.3 Å². The molecule has 2 fully saturated rings. The minimum absolute atomic E-state index is 0.235. The van der Waals surface area contributed by atoms with E-state index >= 15 is 0 Å². The molecule has 1 atom stereocenters. The summed E-state index contributed by atoms with van der Waals surface area (Å²) in [4.78, 5) is 17.2. The number of aromatic nitrogens is 2. The lowest BCUT2D eigenvalue weighted by molar-refractivity contribution is -0.839. The highest BCUT2D eigenvalue weighted by atomic mass is 32.1. The second kappa shape index (κ2) is 11.0. The van der Waals surface area contributed by atoms with Crippen LogP contribution in [-0.2, 0) is 12.0 Å². The third-order valence-electron chi connectivity index (χ3n) is 8.81. The van der Waals surface area contributed by atoms with Gasteiger partial charge in [-0.05, 0) is 83.9 Å². The minimum Gasteiger partial charge on any atom is -0.463 e. The van der Waals surface area contributed by atoms with Gasteiger partial charge in [0, 0.05) is 36.1 Å². The number of aliphatic imine (C=N–C) groups is 1. The lowest BCUT2D eigenvalue weighted by Gasteiger charge is -2.46. The lowest BCUT2D eigenvalue weighted by Crippen LogP contribution is -3.00. The van der Waals surface area contributed by atoms with E-state index in [0.717, 1.165) is 73.4 Å². The number of fused-ring (bicyclic) bond motifs is 4. The normalized spacial score (nSPS) is 22.7. The number of nitrogens with two attached hydrogens (primary N) is 1. The van der Waals surface area contributed by atoms with Crippen LogP contribution < -0.4 is 21.0 Å². The number of rotatable bonds is 10. The fraction of sp³-hybridized carbons (Fsp3) is 0.586. The van der Waals surface area contributed by atoms with Crippen molar-refractivity contribution in [3.63, 3.8) is 0 Å². The van der Waals surface area contributed by atoms with Gasteiger partial charge in [-0.3, -0.25) is 0 Å². The molecule has 2 aromatic rings. The van der Waals surface area contributed by atoms with Gasteiger partial charge in [0.2, 0.25) is 0 Å². The summed E-state index contributed by atoms with van der Waals surface area (Å²) < 4.78 is 6.16. The number of aryl methyl sites for hydroxylation is 1. The summed E-state index contributed by atoms with van der Waals surface area (Å²) in [5, 5.41) is 16.8. The van der Waals surface area contributed by atoms with Crippen molar-refractivity contribution in [2.45, 2.75) is 69.7 Å². The van der Waals surface area contributed by atoms with E-state index in [1.807, 2.05) is 32.1 Å². The van der Waals surface area contributed by atoms with Crippen LogP contribution in [0, 0.1) is 16.7 Å². The molecule has 212 valence electrons. The SMILES string of the molecule is CNCCCC1(COc2nccc(C3=C4CCCC5(CCCc6sc(/N=C/N(C)C)c(C#N)c65)N4[NH2+]N3)n2)CC1. The average Bonchev–Trinajstić information content (AvgIpc) is 3.42. The van der Waals surface area contributed by atoms with Gasteiger partial charge in [0.25, 0.3) is 0 Å². The summed E-state index contributed by atoms with van der Waals surface area (Å²) >= 11 is 1.68. The van der Waals surface area contributed by atoms with Crippen molar-refractivity contribution >= 4 is 28.4 Å². The number of allylic oxidation sites excluding steroid dienone is 1. The molecule has 2 aliphatic heterocycles. The van der Waals surface area contributed by atoms with Crippen molar-refractivity contribution in [3.05, 3.63) is 39.7 Å². The van der Waals surface area contributed by atoms with E-state index in [0.29, 0.717) is 12.6 Å². The van der Waals surface area contributed by atoms with Gasteiger partial charge in [-0.25, -0.2) is 15.4 Å². The Labute approximate surface area is 240 Å². The van der Waals surface area contributed by atoms with Crippen molar-refractivity contribution < 1.29 is 10.3 Å². The number of nitrogens with zero attached hydrogens (tertiary/aromatic N) is 6. The molecular formula is C29H40N9OS+. The molecule has 2 aliphatic carbocycles. The van der Waals surface area contributed by atoms with Gasteiger partial charge in [0.05, 0.1) is 24.2 Å². The average molecular weight is 563 g/mol. The standard InChI is InChI=1S/C29H39N9OS/c1-31-15-6-10-28(13-14-28)18-39-27-32-16-9-21(34-27)25-22-7-4-11-29(38(22)36-35-25)12-5-8-23-24(29)20(17-30)26(40-23)33-19-37(2)3/h9,16,19,31,35-36H,4-8,10-15,18H2,1-3H3/p+1/b33-19+. The van der Waals surface area contributed by atoms with Gasteiger partial charge in [0.1, 0.15) is 28.0 Å². The summed E-state index contributed by atoms with van der Waals surface area (Å²) in [6.45, 7) is 1.72. The zero-order chi connectivity index (χ0) is 27.7. The Morgan fingerprint density at radius 1 is 1.30 bits per heavy atom. The Morgan fingerprint density at radius 2 is 2.12 bits per heavy atom. The van der Waals surface area contributed by atoms with E-state index in [1.165, 1.54) is 35.4 Å². The Hall–Kier alpha value is -3.20. The zero-order valence-electron chi connectivity index (χ0n) is 23.8. The molecule has 1 spiro atoms. The van der Waals surface area contributed by atoms with Crippen LogP contribution in [0.3, 0.4) is 0 Å². The highest BCUT2D eigenvalue weighted by molar-refractivity contribution is 7.16. The van der Waals surface area contributed by atoms with Crippen LogP contribution in [0.4, 0.5) is 5.00 Å². The topological polar surface area (TPSA) is 118 Å². The van der Waals surface area contributed by atoms with Gasteiger partial charge in [-0.1, -0.05) is 0 Å². The van der Waals surface area contributed by atoms with Crippen molar-refractivity contribution in [2.75, 3.05) is 34.3 Å². The monoisotopic (exact) mass is 562 g/mol. The second-order valence-electron chi connectivity index (χ2n) is 11.8. The van der Waals surface area contributed by atoms with Crippen molar-refractivity contribution in [1.82, 2.24) is 30.6 Å². The molecule has 0 amide bonds. The van der Waals surface area contributed by atoms with Gasteiger partial charge >= 0.3 is 6.01 Å². The molecule has 4 N–H and O–H groups in total. The molecule has 4 heterocycles. The molecular weight excluding hydrogens is 522 g/mol. The number of piperidine rings is 1. The number of quaternary nitrogens is 1. The first-order valence-corrected chi connectivity index (χ1v) is 15.3. The molecule has 2 aromatic heterocycles. The minimum atomic E-state index is -0.235. The van der Waals surface area contributed by atoms with Crippen LogP contribution in [-0.4, -0.2) is 60.5 Å². The largest absolute Gasteiger partial charge is 0.463 e. The maximum Gasteiger partial charge on any atom is 0.316 e. The van der Waals surface area contributed by atoms with E-state index in [-0.39, 0.29) is 11.0 Å². The molecule has 11 heteroatoms. The number of thiophene rings is 1. The molecule has 10 nitrogen and oxygen atoms in total. The Kier molecular flexibility index (Phi) is 7.42. The third-order valence-corrected chi connectivity index (χ3v) is 9.97. The molecule has 0 aromatic carbocycles. The second-order valence-corrected chi connectivity index (χ2v) is 12.9. The van der Waals surface area contributed by atoms with Gasteiger partial charge in [-0.2, -0.15) is 15.3 Å². The van der Waals surface area contributed by atoms with Crippen molar-refractivity contribution in [2.24, 2.45) is 10.4 Å². The van der Waals surface area contributed by atoms with E-state index in [9.17, 15) is 5.26 Å². The summed E-state index contributed by atoms with van der Waals surface area (Å²) in [5.41, 5.74) is 10.8. The predicted octanol–water partition coefficient (Wildman–Crippen LogP) is 3.17. The van der Waals surface area contributed by atoms with E-state index in [1.54, 1.807) is 23.9 Å². The van der Waals surface area contributed by atoms with Gasteiger partial charge in [0.15, 0.2) is 0 Å². The lowest BCUT2D eigenvalue weighted by atomic mass is 9.72. The third kappa shape index (κ3) is 4.93. The molecule has 1 saturated carbocycles. The van der Waals surface area contributed by atoms with Crippen LogP contribution in [0.5, 0.6) is 6.01 Å². The highest BCUT2D eigenvalue weighted by Crippen LogP contribution is 2.54. The molecule has 0 bridgehead atoms. The summed E-state index contributed by atoms with van der Waals surface area (Å²) in [6, 6.07) is 4.95. The maximum atomic E-state index is 10.3. The first kappa shape index (κ1) is 27.0. The molecule has 40 heavy (non-hydrogen) atoms. The molecule has 1 saturated heterocycles. The summed E-state index contributed by atoms with van der Waals surface area (Å²) in [7, 11) is 5.91. The molecule has 6 rings (SSSR count). The first-order chi connectivity index (χ1) is 19.5. The maximum absolute atomic E-state index is 10.3. The molecule has 0 radical (unpaired) electrons. The van der Waals surface area contributed by atoms with Crippen LogP contribution in [0.1, 0.15) is 79.5 Å². The van der Waals surface area contributed by atoms with Crippen LogP contribution in [0.25, 0.3) is 5.70 Å². The van der Waals surface area contributed by atoms with Crippen molar-refractivity contribution in [3.8, 4) is 12.1 Å². The first-order valence-electron chi connectivity index (χ1n) is 14.5. The molecule has 4 aliphatic rings. The Morgan fingerprint density at radius 3 is 2.88 bits per heavy atom. The Bertz CT molecular complexity index is 1360. The quantitative estimate of drug-likeness (QED) is 0.175. The number of ether oxygens (including phenoxy) is 1. The number of nitrogens with one attached hydrogen (secondary N) is 2. The van der Waals surface area contributed by atoms with Gasteiger partial charge in [-0.15, -0.1) is 16.9 Å². The van der Waals surface area contributed by atoms with E-state index < -0.39 is 0 Å². The van der Waals surface area contributed by atoms with Crippen LogP contribution in [0.15, 0.2) is 23.0 Å². The smallest absolute Gasteiger partial charge is 0.316 e. The Balaban J connectivity index is 1.28.